The predicted molar refractivity (Wildman–Crippen MR) is 203 cm³/mol. The summed E-state index contributed by atoms with van der Waals surface area (Å²) in [7, 11) is 0. The van der Waals surface area contributed by atoms with E-state index in [-0.39, 0.29) is 48.8 Å². The van der Waals surface area contributed by atoms with Gasteiger partial charge in [-0.05, 0) is 74.1 Å². The van der Waals surface area contributed by atoms with Crippen LogP contribution in [0.5, 0.6) is 11.8 Å². The third kappa shape index (κ3) is 6.21. The second-order valence-corrected chi connectivity index (χ2v) is 15.7. The van der Waals surface area contributed by atoms with Gasteiger partial charge in [-0.15, -0.1) is 0 Å². The quantitative estimate of drug-likeness (QED) is 0.160. The van der Waals surface area contributed by atoms with Crippen LogP contribution in [0.3, 0.4) is 0 Å². The van der Waals surface area contributed by atoms with E-state index in [2.05, 4.69) is 11.0 Å². The Morgan fingerprint density at radius 3 is 2.53 bits per heavy atom. The van der Waals surface area contributed by atoms with Crippen LogP contribution in [0.25, 0.3) is 32.9 Å². The van der Waals surface area contributed by atoms with Gasteiger partial charge in [0.05, 0.1) is 37.0 Å². The lowest BCUT2D eigenvalue weighted by Crippen LogP contribution is -2.48. The lowest BCUT2D eigenvalue weighted by molar-refractivity contribution is -0.0366. The van der Waals surface area contributed by atoms with Crippen molar-refractivity contribution in [1.29, 1.82) is 0 Å². The maximum absolute atomic E-state index is 16.4. The number of carbonyl (C=O) groups is 1. The summed E-state index contributed by atoms with van der Waals surface area (Å²) in [5.74, 6) is 1.18. The van der Waals surface area contributed by atoms with Crippen molar-refractivity contribution in [3.63, 3.8) is 0 Å². The van der Waals surface area contributed by atoms with Gasteiger partial charge in [-0.25, -0.2) is 13.9 Å². The van der Waals surface area contributed by atoms with Gasteiger partial charge in [0.2, 0.25) is 0 Å². The van der Waals surface area contributed by atoms with Crippen molar-refractivity contribution in [2.75, 3.05) is 37.8 Å². The summed E-state index contributed by atoms with van der Waals surface area (Å²) in [5.41, 5.74) is 5.39. The Balaban J connectivity index is 1.21. The second-order valence-electron chi connectivity index (χ2n) is 15.7. The molecular formula is C42H45FN6O6. The Bertz CT molecular complexity index is 2270. The topological polar surface area (TPSA) is 124 Å². The van der Waals surface area contributed by atoms with E-state index < -0.39 is 6.09 Å². The van der Waals surface area contributed by atoms with Gasteiger partial charge in [-0.3, -0.25) is 0 Å². The molecule has 0 radical (unpaired) electrons. The first-order valence-corrected chi connectivity index (χ1v) is 19.8. The molecule has 1 N–H and O–H groups in total. The number of hydrogen-bond acceptors (Lipinski definition) is 9. The molecular weight excluding hydrogens is 703 g/mol. The summed E-state index contributed by atoms with van der Waals surface area (Å²) >= 11 is 0. The molecule has 6 heterocycles. The summed E-state index contributed by atoms with van der Waals surface area (Å²) in [6, 6.07) is 13.9. The highest BCUT2D eigenvalue weighted by atomic mass is 19.1. The lowest BCUT2D eigenvalue weighted by atomic mass is 9.88. The zero-order valence-electron chi connectivity index (χ0n) is 31.0. The fourth-order valence-corrected chi connectivity index (χ4v) is 9.17. The average molecular weight is 749 g/mol. The fraction of sp³-hybridized carbons (Fsp3) is 0.476. The Hall–Kier alpha value is -5.01. The highest BCUT2D eigenvalue weighted by Gasteiger charge is 2.47. The lowest BCUT2D eigenvalue weighted by Gasteiger charge is -2.34. The van der Waals surface area contributed by atoms with E-state index in [0.29, 0.717) is 61.1 Å². The van der Waals surface area contributed by atoms with E-state index in [1.807, 2.05) is 48.1 Å². The first-order valence-electron chi connectivity index (χ1n) is 19.8. The molecule has 3 atom stereocenters. The number of aromatic nitrogens is 4. The van der Waals surface area contributed by atoms with E-state index >= 15 is 4.39 Å². The highest BCUT2D eigenvalue weighted by Crippen LogP contribution is 2.54. The molecule has 4 saturated heterocycles. The summed E-state index contributed by atoms with van der Waals surface area (Å²) in [6.45, 7) is 4.87. The number of likely N-dealkylation sites (tertiary alicyclic amines) is 1. The fourth-order valence-electron chi connectivity index (χ4n) is 9.17. The molecule has 5 aromatic rings. The number of fused-ring (bicyclic) bond motifs is 4. The zero-order chi connectivity index (χ0) is 37.2. The Kier molecular flexibility index (Phi) is 8.73. The minimum absolute atomic E-state index is 0.0363. The van der Waals surface area contributed by atoms with Crippen LogP contribution >= 0.6 is 0 Å². The number of halogens is 1. The van der Waals surface area contributed by atoms with Gasteiger partial charge in [-0.1, -0.05) is 30.3 Å². The first kappa shape index (κ1) is 34.5. The zero-order valence-corrected chi connectivity index (χ0v) is 31.0. The largest absolute Gasteiger partial charge is 0.486 e. The van der Waals surface area contributed by atoms with Crippen LogP contribution in [-0.4, -0.2) is 86.9 Å². The Morgan fingerprint density at radius 1 is 0.964 bits per heavy atom. The number of ether oxygens (including phenoxy) is 4. The van der Waals surface area contributed by atoms with Crippen molar-refractivity contribution >= 4 is 33.7 Å². The molecule has 1 unspecified atom stereocenters. The highest BCUT2D eigenvalue weighted by molar-refractivity contribution is 6.06. The number of amides is 1. The molecule has 2 aromatic heterocycles. The van der Waals surface area contributed by atoms with Gasteiger partial charge >= 0.3 is 12.1 Å². The van der Waals surface area contributed by atoms with E-state index in [4.69, 9.17) is 34.0 Å². The minimum atomic E-state index is -0.893. The predicted octanol–water partition coefficient (Wildman–Crippen LogP) is 7.75. The molecule has 4 aliphatic heterocycles. The van der Waals surface area contributed by atoms with Gasteiger partial charge in [0, 0.05) is 60.5 Å². The molecule has 5 fully saturated rings. The smallest absolute Gasteiger partial charge is 0.407 e. The summed E-state index contributed by atoms with van der Waals surface area (Å²) in [5, 5.41) is 16.4. The standard InChI is InChI=1S/C42H45FN6O6/c1-24-33(43)19-34-32(20-44-49(34)35-9-5-6-14-53-35)36(24)37-30(26-10-11-26)18-31-38(39(37)54-23-25-7-3-2-4-8-25)45-41(55-29-12-15-52-16-13-29)46-40(31)47-21-28-17-27(47)22-48(28)42(50)51/h2-4,7-8,18-20,26-29,35H,5-6,9-17,21-23H2,1H3,(H,50,51)/t27-,28-,35?/m0/s1. The van der Waals surface area contributed by atoms with Crippen molar-refractivity contribution in [2.45, 2.75) is 95.2 Å². The van der Waals surface area contributed by atoms with Crippen molar-refractivity contribution in [3.8, 4) is 22.9 Å². The van der Waals surface area contributed by atoms with Gasteiger partial charge in [0.1, 0.15) is 29.9 Å². The Labute approximate surface area is 318 Å². The summed E-state index contributed by atoms with van der Waals surface area (Å²) in [6.07, 6.45) is 7.56. The maximum atomic E-state index is 16.4. The van der Waals surface area contributed by atoms with Gasteiger partial charge in [0.15, 0.2) is 12.0 Å². The summed E-state index contributed by atoms with van der Waals surface area (Å²) in [4.78, 5) is 26.2. The third-order valence-electron chi connectivity index (χ3n) is 12.2. The van der Waals surface area contributed by atoms with Gasteiger partial charge in [-0.2, -0.15) is 15.1 Å². The Morgan fingerprint density at radius 2 is 1.80 bits per heavy atom. The monoisotopic (exact) mass is 748 g/mol. The third-order valence-corrected chi connectivity index (χ3v) is 12.2. The molecule has 13 heteroatoms. The molecule has 5 aliphatic rings. The van der Waals surface area contributed by atoms with Crippen molar-refractivity contribution in [3.05, 3.63) is 71.2 Å². The van der Waals surface area contributed by atoms with Gasteiger partial charge < -0.3 is 33.9 Å². The number of nitrogens with zero attached hydrogens (tertiary/aromatic N) is 6. The van der Waals surface area contributed by atoms with Crippen LogP contribution < -0.4 is 14.4 Å². The minimum Gasteiger partial charge on any atom is -0.486 e. The number of rotatable bonds is 9. The van der Waals surface area contributed by atoms with Crippen molar-refractivity contribution in [1.82, 2.24) is 24.6 Å². The van der Waals surface area contributed by atoms with Crippen LogP contribution in [0.1, 0.15) is 80.2 Å². The molecule has 3 aromatic carbocycles. The normalized spacial score (nSPS) is 22.9. The van der Waals surface area contributed by atoms with Crippen LogP contribution in [0.15, 0.2) is 48.7 Å². The number of benzene rings is 3. The molecule has 12 nitrogen and oxygen atoms in total. The maximum Gasteiger partial charge on any atom is 0.407 e. The van der Waals surface area contributed by atoms with Crippen LogP contribution in [-0.2, 0) is 16.1 Å². The van der Waals surface area contributed by atoms with Crippen molar-refractivity contribution in [2.24, 2.45) is 0 Å². The summed E-state index contributed by atoms with van der Waals surface area (Å²) < 4.78 is 43.6. The van der Waals surface area contributed by atoms with Crippen LogP contribution in [0.4, 0.5) is 15.0 Å². The number of piperazine rings is 1. The molecule has 10 rings (SSSR count). The molecule has 1 amide bonds. The van der Waals surface area contributed by atoms with E-state index in [9.17, 15) is 9.90 Å². The number of anilines is 1. The second kappa shape index (κ2) is 13.9. The van der Waals surface area contributed by atoms with E-state index in [0.717, 1.165) is 84.4 Å². The van der Waals surface area contributed by atoms with Crippen LogP contribution in [0, 0.1) is 12.7 Å². The molecule has 286 valence electrons. The van der Waals surface area contributed by atoms with E-state index in [1.54, 1.807) is 11.0 Å². The van der Waals surface area contributed by atoms with Crippen molar-refractivity contribution < 1.29 is 33.2 Å². The molecule has 1 saturated carbocycles. The molecule has 2 bridgehead atoms. The average Bonchev–Trinajstić information content (AvgIpc) is 3.64. The van der Waals surface area contributed by atoms with Gasteiger partial charge in [0.25, 0.3) is 0 Å². The molecule has 55 heavy (non-hydrogen) atoms. The van der Waals surface area contributed by atoms with Crippen LogP contribution in [0.2, 0.25) is 0 Å². The molecule has 1 aliphatic carbocycles. The number of hydrogen-bond donors (Lipinski definition) is 1. The van der Waals surface area contributed by atoms with E-state index in [1.165, 1.54) is 0 Å². The molecule has 0 spiro atoms. The first-order chi connectivity index (χ1) is 26.9. The number of carboxylic acid groups (broad SMARTS) is 1. The SMILES string of the molecule is Cc1c(F)cc2c(cnn2C2CCCCO2)c1-c1c(C2CC2)cc2c(N3C[C@@H]4C[C@H]3CN4C(=O)O)nc(OC3CCOCC3)nc2c1OCc1ccccc1.